The summed E-state index contributed by atoms with van der Waals surface area (Å²) in [5, 5.41) is 0. The van der Waals surface area contributed by atoms with Crippen LogP contribution < -0.4 is 10.6 Å². The van der Waals surface area contributed by atoms with Gasteiger partial charge in [-0.15, -0.1) is 0 Å². The van der Waals surface area contributed by atoms with Gasteiger partial charge in [-0.3, -0.25) is 0 Å². The number of rotatable bonds is 1. The molecule has 0 fully saturated rings. The van der Waals surface area contributed by atoms with E-state index in [1.54, 1.807) is 0 Å². The second-order valence-electron chi connectivity index (χ2n) is 2.70. The van der Waals surface area contributed by atoms with Crippen molar-refractivity contribution in [1.29, 1.82) is 0 Å². The predicted octanol–water partition coefficient (Wildman–Crippen LogP) is -0.664. The SMILES string of the molecule is C[NH+](C)c1ccc([NH3+])cc1. The zero-order valence-corrected chi connectivity index (χ0v) is 6.52. The van der Waals surface area contributed by atoms with Gasteiger partial charge in [-0.05, 0) is 0 Å². The monoisotopic (exact) mass is 138 g/mol. The maximum absolute atomic E-state index is 3.81. The Kier molecular flexibility index (Phi) is 2.04. The first kappa shape index (κ1) is 7.25. The summed E-state index contributed by atoms with van der Waals surface area (Å²) in [5.74, 6) is 0. The highest BCUT2D eigenvalue weighted by molar-refractivity contribution is 5.38. The maximum atomic E-state index is 3.81. The van der Waals surface area contributed by atoms with Crippen LogP contribution in [-0.2, 0) is 0 Å². The Labute approximate surface area is 61.3 Å². The van der Waals surface area contributed by atoms with Crippen LogP contribution in [-0.4, -0.2) is 14.1 Å². The maximum Gasteiger partial charge on any atom is 0.131 e. The van der Waals surface area contributed by atoms with Crippen molar-refractivity contribution in [2.24, 2.45) is 0 Å². The molecule has 0 saturated heterocycles. The molecular formula is C8H14N2+2. The molecule has 2 heteroatoms. The Hall–Kier alpha value is -0.860. The molecule has 1 aromatic rings. The van der Waals surface area contributed by atoms with E-state index in [0.717, 1.165) is 5.69 Å². The average molecular weight is 138 g/mol. The number of hydrogen-bond acceptors (Lipinski definition) is 0. The van der Waals surface area contributed by atoms with Gasteiger partial charge in [-0.1, -0.05) is 0 Å². The Morgan fingerprint density at radius 3 is 2.00 bits per heavy atom. The third-order valence-corrected chi connectivity index (χ3v) is 1.53. The molecule has 10 heavy (non-hydrogen) atoms. The van der Waals surface area contributed by atoms with Crippen LogP contribution in [0.4, 0.5) is 11.4 Å². The first-order valence-corrected chi connectivity index (χ1v) is 3.42. The minimum Gasteiger partial charge on any atom is -0.325 e. The first-order chi connectivity index (χ1) is 4.70. The Bertz CT molecular complexity index is 201. The van der Waals surface area contributed by atoms with Crippen LogP contribution in [0.5, 0.6) is 0 Å². The van der Waals surface area contributed by atoms with E-state index >= 15 is 0 Å². The molecule has 54 valence electrons. The third kappa shape index (κ3) is 1.56. The molecule has 0 aliphatic carbocycles. The van der Waals surface area contributed by atoms with Crippen LogP contribution in [0.3, 0.4) is 0 Å². The van der Waals surface area contributed by atoms with Crippen molar-refractivity contribution >= 4 is 11.4 Å². The zero-order chi connectivity index (χ0) is 7.56. The minimum absolute atomic E-state index is 1.07. The fraction of sp³-hybridized carbons (Fsp3) is 0.250. The number of quaternary nitrogens is 2. The summed E-state index contributed by atoms with van der Waals surface area (Å²) in [4.78, 5) is 1.35. The molecule has 0 radical (unpaired) electrons. The van der Waals surface area contributed by atoms with E-state index in [4.69, 9.17) is 0 Å². The molecule has 0 bridgehead atoms. The van der Waals surface area contributed by atoms with E-state index in [-0.39, 0.29) is 0 Å². The standard InChI is InChI=1S/C8H12N2/c1-10(2)8-5-3-7(9)4-6-8/h3-6H,9H2,1-2H3/p+2. The number of nitrogens with one attached hydrogen (secondary N) is 1. The van der Waals surface area contributed by atoms with Gasteiger partial charge in [0.15, 0.2) is 0 Å². The van der Waals surface area contributed by atoms with Gasteiger partial charge in [0.25, 0.3) is 0 Å². The molecule has 1 rings (SSSR count). The lowest BCUT2D eigenvalue weighted by atomic mass is 10.3. The van der Waals surface area contributed by atoms with Crippen molar-refractivity contribution in [3.05, 3.63) is 24.3 Å². The molecule has 2 nitrogen and oxygen atoms in total. The summed E-state index contributed by atoms with van der Waals surface area (Å²) in [5.41, 5.74) is 6.18. The lowest BCUT2D eigenvalue weighted by molar-refractivity contribution is -0.786. The predicted molar refractivity (Wildman–Crippen MR) is 41.5 cm³/mol. The Morgan fingerprint density at radius 2 is 1.60 bits per heavy atom. The molecule has 0 aromatic heterocycles. The van der Waals surface area contributed by atoms with Crippen molar-refractivity contribution in [2.45, 2.75) is 0 Å². The second kappa shape index (κ2) is 2.82. The quantitative estimate of drug-likeness (QED) is 0.516. The molecule has 0 aliphatic heterocycles. The normalized spacial score (nSPS) is 10.4. The fourth-order valence-electron chi connectivity index (χ4n) is 0.838. The fourth-order valence-corrected chi connectivity index (χ4v) is 0.838. The molecule has 0 amide bonds. The van der Waals surface area contributed by atoms with Gasteiger partial charge in [0.2, 0.25) is 0 Å². The molecule has 0 heterocycles. The smallest absolute Gasteiger partial charge is 0.131 e. The highest BCUT2D eigenvalue weighted by Crippen LogP contribution is 2.03. The third-order valence-electron chi connectivity index (χ3n) is 1.53. The van der Waals surface area contributed by atoms with Crippen molar-refractivity contribution in [3.63, 3.8) is 0 Å². The molecule has 0 unspecified atom stereocenters. The van der Waals surface area contributed by atoms with Crippen LogP contribution in [0, 0.1) is 0 Å². The van der Waals surface area contributed by atoms with Crippen LogP contribution in [0.25, 0.3) is 0 Å². The largest absolute Gasteiger partial charge is 0.325 e. The van der Waals surface area contributed by atoms with Gasteiger partial charge in [-0.2, -0.15) is 0 Å². The van der Waals surface area contributed by atoms with Gasteiger partial charge >= 0.3 is 0 Å². The van der Waals surface area contributed by atoms with Crippen LogP contribution in [0.2, 0.25) is 0 Å². The van der Waals surface area contributed by atoms with E-state index < -0.39 is 0 Å². The summed E-state index contributed by atoms with van der Waals surface area (Å²) >= 11 is 0. The Balaban J connectivity index is 2.89. The van der Waals surface area contributed by atoms with Crippen molar-refractivity contribution < 1.29 is 10.6 Å². The van der Waals surface area contributed by atoms with Gasteiger partial charge < -0.3 is 10.6 Å². The van der Waals surface area contributed by atoms with Gasteiger partial charge in [-0.25, -0.2) is 0 Å². The zero-order valence-electron chi connectivity index (χ0n) is 6.52. The lowest BCUT2D eigenvalue weighted by Crippen LogP contribution is -3.00. The topological polar surface area (TPSA) is 32.1 Å². The summed E-state index contributed by atoms with van der Waals surface area (Å²) in [7, 11) is 4.22. The molecule has 1 aromatic carbocycles. The van der Waals surface area contributed by atoms with E-state index in [0.29, 0.717) is 0 Å². The van der Waals surface area contributed by atoms with Crippen molar-refractivity contribution in [1.82, 2.24) is 0 Å². The molecule has 0 atom stereocenters. The van der Waals surface area contributed by atoms with Crippen LogP contribution >= 0.6 is 0 Å². The molecule has 0 spiro atoms. The van der Waals surface area contributed by atoms with E-state index in [1.807, 2.05) is 12.1 Å². The summed E-state index contributed by atoms with van der Waals surface area (Å²) in [6.45, 7) is 0. The summed E-state index contributed by atoms with van der Waals surface area (Å²) < 4.78 is 0. The molecule has 0 aliphatic rings. The van der Waals surface area contributed by atoms with Gasteiger partial charge in [0.1, 0.15) is 11.4 Å². The van der Waals surface area contributed by atoms with Crippen LogP contribution in [0.1, 0.15) is 0 Å². The highest BCUT2D eigenvalue weighted by Gasteiger charge is 1.97. The van der Waals surface area contributed by atoms with E-state index in [2.05, 4.69) is 32.0 Å². The number of benzene rings is 1. The minimum atomic E-state index is 1.07. The van der Waals surface area contributed by atoms with E-state index in [9.17, 15) is 0 Å². The highest BCUT2D eigenvalue weighted by atomic mass is 15.1. The van der Waals surface area contributed by atoms with Crippen molar-refractivity contribution in [3.8, 4) is 0 Å². The van der Waals surface area contributed by atoms with Gasteiger partial charge in [0, 0.05) is 24.3 Å². The second-order valence-corrected chi connectivity index (χ2v) is 2.70. The molecule has 0 saturated carbocycles. The lowest BCUT2D eigenvalue weighted by Gasteiger charge is -2.04. The first-order valence-electron chi connectivity index (χ1n) is 3.42. The van der Waals surface area contributed by atoms with E-state index in [1.165, 1.54) is 10.6 Å². The van der Waals surface area contributed by atoms with Crippen molar-refractivity contribution in [2.75, 3.05) is 14.1 Å². The average Bonchev–Trinajstić information content (AvgIpc) is 1.88. The number of hydrogen-bond donors (Lipinski definition) is 2. The summed E-state index contributed by atoms with van der Waals surface area (Å²) in [6.07, 6.45) is 0. The van der Waals surface area contributed by atoms with Crippen LogP contribution in [0.15, 0.2) is 24.3 Å². The van der Waals surface area contributed by atoms with Gasteiger partial charge in [0.05, 0.1) is 14.1 Å². The molecular weight excluding hydrogens is 124 g/mol. The Morgan fingerprint density at radius 1 is 1.10 bits per heavy atom. The summed E-state index contributed by atoms with van der Waals surface area (Å²) in [6, 6.07) is 8.25. The molecule has 4 N–H and O–H groups in total.